The molecule has 0 fully saturated rings. The van der Waals surface area contributed by atoms with Gasteiger partial charge in [0.15, 0.2) is 0 Å². The Morgan fingerprint density at radius 1 is 0.512 bits per heavy atom. The summed E-state index contributed by atoms with van der Waals surface area (Å²) < 4.78 is 2.53. The van der Waals surface area contributed by atoms with Gasteiger partial charge in [-0.2, -0.15) is 10.0 Å². The van der Waals surface area contributed by atoms with Gasteiger partial charge in [0, 0.05) is 10.8 Å². The molecule has 0 bridgehead atoms. The number of para-hydroxylation sites is 3. The van der Waals surface area contributed by atoms with E-state index in [1.165, 1.54) is 81.8 Å². The molecule has 1 spiro atoms. The van der Waals surface area contributed by atoms with Crippen molar-refractivity contribution < 1.29 is 0 Å². The average Bonchev–Trinajstić information content (AvgIpc) is 3.36. The quantitative estimate of drug-likeness (QED) is 0.185. The number of aromatic nitrogens is 1. The second-order valence-electron chi connectivity index (χ2n) is 12.7. The van der Waals surface area contributed by atoms with Gasteiger partial charge in [-0.05, 0) is 99.9 Å². The van der Waals surface area contributed by atoms with Gasteiger partial charge in [-0.25, -0.2) is 0 Å². The van der Waals surface area contributed by atoms with Crippen LogP contribution in [0.15, 0.2) is 137 Å². The minimum Gasteiger partial charge on any atom is -0.309 e. The predicted molar refractivity (Wildman–Crippen MR) is 184 cm³/mol. The number of rotatable bonds is 1. The fourth-order valence-electron chi connectivity index (χ4n) is 8.36. The molecule has 0 amide bonds. The van der Waals surface area contributed by atoms with Crippen LogP contribution in [0, 0.1) is 13.8 Å². The molecular formula is C41H33NS. The lowest BCUT2D eigenvalue weighted by atomic mass is 9.62. The highest BCUT2D eigenvalue weighted by molar-refractivity contribution is 8.32. The number of hydrogen-bond acceptors (Lipinski definition) is 0. The second-order valence-corrected chi connectivity index (χ2v) is 16.3. The zero-order valence-electron chi connectivity index (χ0n) is 25.0. The summed E-state index contributed by atoms with van der Waals surface area (Å²) in [5.74, 6) is 0. The molecule has 9 rings (SSSR count). The fourth-order valence-corrected chi connectivity index (χ4v) is 11.0. The third-order valence-electron chi connectivity index (χ3n) is 9.98. The molecule has 0 radical (unpaired) electrons. The lowest BCUT2D eigenvalue weighted by Crippen LogP contribution is -2.39. The van der Waals surface area contributed by atoms with E-state index in [-0.39, 0.29) is 0 Å². The standard InChI is InChI=1S/C41H33NS/c1-26-22-27(2)24-29(23-26)28-20-21-39-35(25-28)41(33-15-7-10-19-38(33)43(39,3)4)32-14-6-9-18-37(32)42-36-17-8-5-12-30(36)31-13-11-16-34(41)40(31)42/h5-25H,1-4H3. The van der Waals surface area contributed by atoms with E-state index in [4.69, 9.17) is 0 Å². The van der Waals surface area contributed by atoms with E-state index in [1.807, 2.05) is 0 Å². The molecule has 2 aliphatic heterocycles. The Morgan fingerprint density at radius 3 is 2.00 bits per heavy atom. The first-order valence-electron chi connectivity index (χ1n) is 15.1. The van der Waals surface area contributed by atoms with E-state index in [0.29, 0.717) is 0 Å². The minimum absolute atomic E-state index is 0.441. The molecule has 1 aromatic heterocycles. The van der Waals surface area contributed by atoms with Crippen LogP contribution in [-0.4, -0.2) is 17.1 Å². The maximum absolute atomic E-state index is 2.54. The van der Waals surface area contributed by atoms with E-state index < -0.39 is 15.4 Å². The summed E-state index contributed by atoms with van der Waals surface area (Å²) in [6.45, 7) is 4.41. The highest BCUT2D eigenvalue weighted by atomic mass is 32.3. The largest absolute Gasteiger partial charge is 0.309 e. The van der Waals surface area contributed by atoms with Gasteiger partial charge in [0.25, 0.3) is 0 Å². The molecule has 43 heavy (non-hydrogen) atoms. The maximum atomic E-state index is 2.54. The monoisotopic (exact) mass is 571 g/mol. The highest BCUT2D eigenvalue weighted by Crippen LogP contribution is 2.70. The number of aryl methyl sites for hydroxylation is 2. The van der Waals surface area contributed by atoms with Gasteiger partial charge in [-0.15, -0.1) is 0 Å². The number of fused-ring (bicyclic) bond motifs is 11. The van der Waals surface area contributed by atoms with Gasteiger partial charge in [0.2, 0.25) is 0 Å². The summed E-state index contributed by atoms with van der Waals surface area (Å²) in [6.07, 6.45) is 4.97. The summed E-state index contributed by atoms with van der Waals surface area (Å²) in [4.78, 5) is 2.97. The molecule has 7 aromatic rings. The molecule has 2 aliphatic rings. The van der Waals surface area contributed by atoms with Crippen LogP contribution in [0.3, 0.4) is 0 Å². The molecule has 0 saturated heterocycles. The van der Waals surface area contributed by atoms with Crippen molar-refractivity contribution in [2.75, 3.05) is 12.5 Å². The van der Waals surface area contributed by atoms with Crippen molar-refractivity contribution in [3.05, 3.63) is 161 Å². The third-order valence-corrected chi connectivity index (χ3v) is 12.9. The number of benzene rings is 6. The molecular weight excluding hydrogens is 539 g/mol. The maximum Gasteiger partial charge on any atom is 0.0763 e. The molecule has 3 heterocycles. The first-order chi connectivity index (χ1) is 20.9. The van der Waals surface area contributed by atoms with Crippen molar-refractivity contribution in [2.24, 2.45) is 0 Å². The molecule has 0 N–H and O–H groups in total. The Hall–Kier alpha value is -4.53. The Bertz CT molecular complexity index is 2280. The van der Waals surface area contributed by atoms with Crippen LogP contribution in [0.5, 0.6) is 0 Å². The van der Waals surface area contributed by atoms with Crippen molar-refractivity contribution in [1.82, 2.24) is 4.57 Å². The van der Waals surface area contributed by atoms with Gasteiger partial charge >= 0.3 is 0 Å². The summed E-state index contributed by atoms with van der Waals surface area (Å²) in [6, 6.07) is 48.7. The van der Waals surface area contributed by atoms with E-state index >= 15 is 0 Å². The summed E-state index contributed by atoms with van der Waals surface area (Å²) in [5.41, 5.74) is 14.2. The van der Waals surface area contributed by atoms with Crippen molar-refractivity contribution in [1.29, 1.82) is 0 Å². The molecule has 0 aliphatic carbocycles. The fraction of sp³-hybridized carbons (Fsp3) is 0.122. The number of hydrogen-bond donors (Lipinski definition) is 0. The normalized spacial score (nSPS) is 18.3. The first-order valence-corrected chi connectivity index (χ1v) is 17.5. The van der Waals surface area contributed by atoms with E-state index in [9.17, 15) is 0 Å². The molecule has 1 unspecified atom stereocenters. The first kappa shape index (κ1) is 25.0. The van der Waals surface area contributed by atoms with Crippen LogP contribution in [-0.2, 0) is 5.41 Å². The van der Waals surface area contributed by atoms with E-state index in [2.05, 4.69) is 158 Å². The Morgan fingerprint density at radius 2 is 1.16 bits per heavy atom. The number of nitrogens with zero attached hydrogens (tertiary/aromatic N) is 1. The van der Waals surface area contributed by atoms with Crippen LogP contribution < -0.4 is 0 Å². The second kappa shape index (κ2) is 8.52. The molecule has 1 nitrogen and oxygen atoms in total. The highest BCUT2D eigenvalue weighted by Gasteiger charge is 2.51. The zero-order chi connectivity index (χ0) is 29.1. The smallest absolute Gasteiger partial charge is 0.0763 e. The molecule has 0 saturated carbocycles. The molecule has 208 valence electrons. The van der Waals surface area contributed by atoms with Crippen molar-refractivity contribution in [3.63, 3.8) is 0 Å². The third kappa shape index (κ3) is 3.09. The van der Waals surface area contributed by atoms with E-state index in [1.54, 1.807) is 0 Å². The predicted octanol–water partition coefficient (Wildman–Crippen LogP) is 10.6. The van der Waals surface area contributed by atoms with E-state index in [0.717, 1.165) is 0 Å². The summed E-state index contributed by atoms with van der Waals surface area (Å²) in [7, 11) is -1.27. The topological polar surface area (TPSA) is 4.93 Å². The van der Waals surface area contributed by atoms with Gasteiger partial charge in [0.05, 0.1) is 22.1 Å². The van der Waals surface area contributed by atoms with Crippen molar-refractivity contribution in [2.45, 2.75) is 29.1 Å². The van der Waals surface area contributed by atoms with Crippen LogP contribution in [0.25, 0.3) is 38.6 Å². The van der Waals surface area contributed by atoms with Gasteiger partial charge < -0.3 is 4.57 Å². The van der Waals surface area contributed by atoms with Crippen LogP contribution in [0.1, 0.15) is 33.4 Å². The Balaban J connectivity index is 1.52. The SMILES string of the molecule is Cc1cc(C)cc(-c2ccc3c(c2)C2(c4ccccc4-n4c5ccccc5c5cccc2c54)c2ccccc2S3(C)C)c1. The molecule has 6 aromatic carbocycles. The van der Waals surface area contributed by atoms with Gasteiger partial charge in [-0.3, -0.25) is 0 Å². The minimum atomic E-state index is -1.27. The Kier molecular flexibility index (Phi) is 4.96. The van der Waals surface area contributed by atoms with Gasteiger partial charge in [0.1, 0.15) is 0 Å². The summed E-state index contributed by atoms with van der Waals surface area (Å²) >= 11 is 0. The van der Waals surface area contributed by atoms with Crippen LogP contribution in [0.4, 0.5) is 0 Å². The van der Waals surface area contributed by atoms with Crippen molar-refractivity contribution >= 4 is 31.8 Å². The lowest BCUT2D eigenvalue weighted by molar-refractivity contribution is 0.686. The van der Waals surface area contributed by atoms with Crippen molar-refractivity contribution in [3.8, 4) is 16.8 Å². The van der Waals surface area contributed by atoms with Crippen LogP contribution in [0.2, 0.25) is 0 Å². The molecule has 2 heteroatoms. The zero-order valence-corrected chi connectivity index (χ0v) is 25.8. The molecule has 1 atom stereocenters. The van der Waals surface area contributed by atoms with Gasteiger partial charge in [-0.1, -0.05) is 108 Å². The Labute approximate surface area is 254 Å². The van der Waals surface area contributed by atoms with Crippen LogP contribution >= 0.6 is 10.0 Å². The average molecular weight is 572 g/mol. The lowest BCUT2D eigenvalue weighted by Gasteiger charge is -2.52. The summed E-state index contributed by atoms with van der Waals surface area (Å²) in [5, 5.41) is 2.63.